The van der Waals surface area contributed by atoms with E-state index in [4.69, 9.17) is 0 Å². The quantitative estimate of drug-likeness (QED) is 0.470. The lowest BCUT2D eigenvalue weighted by Crippen LogP contribution is -2.36. The van der Waals surface area contributed by atoms with E-state index in [1.54, 1.807) is 0 Å². The zero-order valence-electron chi connectivity index (χ0n) is 10.2. The zero-order chi connectivity index (χ0) is 14.8. The van der Waals surface area contributed by atoms with E-state index in [0.29, 0.717) is 0 Å². The van der Waals surface area contributed by atoms with Gasteiger partial charge < -0.3 is 10.0 Å². The third kappa shape index (κ3) is 5.07. The van der Waals surface area contributed by atoms with E-state index in [1.807, 2.05) is 0 Å². The molecule has 11 heteroatoms. The van der Waals surface area contributed by atoms with Crippen LogP contribution in [0.25, 0.3) is 0 Å². The molecular weight excluding hydrogens is 295 g/mol. The molecule has 0 aliphatic carbocycles. The van der Waals surface area contributed by atoms with Gasteiger partial charge in [-0.2, -0.15) is 0 Å². The summed E-state index contributed by atoms with van der Waals surface area (Å²) in [6.45, 7) is 0. The van der Waals surface area contributed by atoms with Gasteiger partial charge in [0, 0.05) is 5.46 Å². The molecule has 0 fully saturated rings. The van der Waals surface area contributed by atoms with Crippen molar-refractivity contribution >= 4 is 44.0 Å². The van der Waals surface area contributed by atoms with E-state index in [9.17, 15) is 26.9 Å². The summed E-state index contributed by atoms with van der Waals surface area (Å²) in [5, 5.41) is 18.5. The van der Waals surface area contributed by atoms with Crippen LogP contribution in [0.3, 0.4) is 0 Å². The highest BCUT2D eigenvalue weighted by atomic mass is 32.2. The van der Waals surface area contributed by atoms with Gasteiger partial charge in [0.1, 0.15) is 0 Å². The van der Waals surface area contributed by atoms with Crippen molar-refractivity contribution < 1.29 is 26.9 Å². The van der Waals surface area contributed by atoms with E-state index >= 15 is 0 Å². The summed E-state index contributed by atoms with van der Waals surface area (Å²) in [7, 11) is -9.33. The van der Waals surface area contributed by atoms with Crippen LogP contribution in [0.2, 0.25) is 0 Å². The van der Waals surface area contributed by atoms with Gasteiger partial charge in [0.05, 0.1) is 23.9 Å². The molecule has 0 bridgehead atoms. The highest BCUT2D eigenvalue weighted by Gasteiger charge is 2.23. The topological polar surface area (TPSA) is 133 Å². The molecule has 1 aromatic rings. The lowest BCUT2D eigenvalue weighted by Gasteiger charge is -2.15. The van der Waals surface area contributed by atoms with Gasteiger partial charge >= 0.3 is 7.12 Å². The average Bonchev–Trinajstić information content (AvgIpc) is 2.11. The van der Waals surface area contributed by atoms with Crippen molar-refractivity contribution in [2.45, 2.75) is 0 Å². The summed E-state index contributed by atoms with van der Waals surface area (Å²) in [5.74, 6) is 0. The lowest BCUT2D eigenvalue weighted by molar-refractivity contribution is 0.426. The van der Waals surface area contributed by atoms with Crippen LogP contribution in [-0.2, 0) is 20.0 Å². The van der Waals surface area contributed by atoms with E-state index in [1.165, 1.54) is 18.2 Å². The van der Waals surface area contributed by atoms with Crippen molar-refractivity contribution in [1.29, 1.82) is 0 Å². The maximum atomic E-state index is 11.2. The van der Waals surface area contributed by atoms with Crippen molar-refractivity contribution in [3.63, 3.8) is 0 Å². The maximum Gasteiger partial charge on any atom is 0.492 e. The fourth-order valence-corrected chi connectivity index (χ4v) is 2.58. The minimum Gasteiger partial charge on any atom is -0.423 e. The average molecular weight is 308 g/mol. The molecule has 19 heavy (non-hydrogen) atoms. The first-order chi connectivity index (χ1) is 8.49. The number of hydrogen-bond acceptors (Lipinski definition) is 6. The third-order valence-corrected chi connectivity index (χ3v) is 3.14. The molecule has 0 amide bonds. The second-order valence-electron chi connectivity index (χ2n) is 3.89. The van der Waals surface area contributed by atoms with Gasteiger partial charge in [-0.3, -0.25) is 9.44 Å². The van der Waals surface area contributed by atoms with Crippen molar-refractivity contribution in [2.24, 2.45) is 0 Å². The number of sulfonamides is 2. The van der Waals surface area contributed by atoms with Crippen LogP contribution >= 0.6 is 0 Å². The predicted molar refractivity (Wildman–Crippen MR) is 73.2 cm³/mol. The molecule has 0 spiro atoms. The summed E-state index contributed by atoms with van der Waals surface area (Å²) in [4.78, 5) is 0. The summed E-state index contributed by atoms with van der Waals surface area (Å²) in [6, 6.07) is 3.93. The van der Waals surface area contributed by atoms with Gasteiger partial charge in [0.25, 0.3) is 0 Å². The molecule has 0 unspecified atom stereocenters. The van der Waals surface area contributed by atoms with Crippen molar-refractivity contribution in [2.75, 3.05) is 22.0 Å². The molecule has 0 saturated carbocycles. The number of nitrogens with one attached hydrogen (secondary N) is 2. The zero-order valence-corrected chi connectivity index (χ0v) is 11.8. The Hall–Kier alpha value is -1.30. The van der Waals surface area contributed by atoms with Gasteiger partial charge in [0.15, 0.2) is 0 Å². The molecule has 0 aromatic heterocycles. The van der Waals surface area contributed by atoms with Crippen LogP contribution in [0.15, 0.2) is 18.2 Å². The molecule has 0 aliphatic rings. The van der Waals surface area contributed by atoms with Gasteiger partial charge in [-0.05, 0) is 12.1 Å². The Labute approximate surface area is 111 Å². The first-order valence-electron chi connectivity index (χ1n) is 4.94. The second-order valence-corrected chi connectivity index (χ2v) is 7.39. The molecule has 0 aliphatic heterocycles. The van der Waals surface area contributed by atoms with E-state index in [2.05, 4.69) is 9.44 Å². The minimum absolute atomic E-state index is 0.119. The third-order valence-electron chi connectivity index (χ3n) is 1.96. The van der Waals surface area contributed by atoms with Crippen LogP contribution in [0.5, 0.6) is 0 Å². The first-order valence-corrected chi connectivity index (χ1v) is 8.72. The van der Waals surface area contributed by atoms with Gasteiger partial charge in [-0.25, -0.2) is 16.8 Å². The molecule has 0 saturated heterocycles. The maximum absolute atomic E-state index is 11.2. The van der Waals surface area contributed by atoms with Gasteiger partial charge in [-0.1, -0.05) is 6.07 Å². The van der Waals surface area contributed by atoms with Gasteiger partial charge in [-0.15, -0.1) is 0 Å². The Balaban J connectivity index is 3.38. The summed E-state index contributed by atoms with van der Waals surface area (Å²) in [6.07, 6.45) is 1.77. The number of rotatable bonds is 5. The standard InChI is InChI=1S/C8H13BN2O6S2/c1-18(14,15)10-6-4-3-5-7(8(6)9(12)13)11-19(2,16)17/h3-5,10-13H,1-2H3. The minimum atomic E-state index is -3.64. The second kappa shape index (κ2) is 5.37. The SMILES string of the molecule is CS(=O)(=O)Nc1cccc(NS(C)(=O)=O)c1B(O)O. The summed E-state index contributed by atoms with van der Waals surface area (Å²) in [5.41, 5.74) is -0.518. The van der Waals surface area contributed by atoms with Crippen LogP contribution < -0.4 is 14.9 Å². The van der Waals surface area contributed by atoms with E-state index in [-0.39, 0.29) is 16.8 Å². The number of benzene rings is 1. The fourth-order valence-electron chi connectivity index (χ4n) is 1.42. The monoisotopic (exact) mass is 308 g/mol. The Kier molecular flexibility index (Phi) is 4.45. The van der Waals surface area contributed by atoms with Crippen molar-refractivity contribution in [1.82, 2.24) is 0 Å². The highest BCUT2D eigenvalue weighted by Crippen LogP contribution is 2.15. The van der Waals surface area contributed by atoms with Gasteiger partial charge in [0.2, 0.25) is 20.0 Å². The Morgan fingerprint density at radius 1 is 0.947 bits per heavy atom. The van der Waals surface area contributed by atoms with Crippen molar-refractivity contribution in [3.05, 3.63) is 18.2 Å². The summed E-state index contributed by atoms with van der Waals surface area (Å²) >= 11 is 0. The van der Waals surface area contributed by atoms with E-state index in [0.717, 1.165) is 12.5 Å². The number of anilines is 2. The lowest BCUT2D eigenvalue weighted by atomic mass is 9.78. The Morgan fingerprint density at radius 2 is 1.32 bits per heavy atom. The molecule has 8 nitrogen and oxygen atoms in total. The normalized spacial score (nSPS) is 12.0. The predicted octanol–water partition coefficient (Wildman–Crippen LogP) is -1.89. The summed E-state index contributed by atoms with van der Waals surface area (Å²) < 4.78 is 48.8. The molecule has 1 aromatic carbocycles. The molecule has 0 radical (unpaired) electrons. The fraction of sp³-hybridized carbons (Fsp3) is 0.250. The molecule has 4 N–H and O–H groups in total. The molecule has 0 heterocycles. The van der Waals surface area contributed by atoms with Crippen LogP contribution in [0.1, 0.15) is 0 Å². The van der Waals surface area contributed by atoms with E-state index < -0.39 is 27.2 Å². The molecular formula is C8H13BN2O6S2. The molecule has 0 atom stereocenters. The smallest absolute Gasteiger partial charge is 0.423 e. The Bertz CT molecular complexity index is 618. The Morgan fingerprint density at radius 3 is 1.58 bits per heavy atom. The largest absolute Gasteiger partial charge is 0.492 e. The van der Waals surface area contributed by atoms with Crippen LogP contribution in [-0.4, -0.2) is 46.5 Å². The highest BCUT2D eigenvalue weighted by molar-refractivity contribution is 7.92. The number of hydrogen-bond donors (Lipinski definition) is 4. The molecule has 106 valence electrons. The van der Waals surface area contributed by atoms with Crippen LogP contribution in [0, 0.1) is 0 Å². The van der Waals surface area contributed by atoms with Crippen molar-refractivity contribution in [3.8, 4) is 0 Å². The first kappa shape index (κ1) is 15.8. The molecule has 1 rings (SSSR count). The van der Waals surface area contributed by atoms with Crippen LogP contribution in [0.4, 0.5) is 11.4 Å².